The number of hydrogen-bond donors (Lipinski definition) is 1. The lowest BCUT2D eigenvalue weighted by atomic mass is 9.91. The second kappa shape index (κ2) is 11.0. The predicted octanol–water partition coefficient (Wildman–Crippen LogP) is 5.25. The summed E-state index contributed by atoms with van der Waals surface area (Å²) < 4.78 is 55.2. The molecule has 3 aromatic carbocycles. The van der Waals surface area contributed by atoms with Crippen LogP contribution in [0.4, 0.5) is 19.0 Å². The Balaban J connectivity index is 1.28. The minimum atomic E-state index is -0.923. The Labute approximate surface area is 281 Å². The summed E-state index contributed by atoms with van der Waals surface area (Å²) >= 11 is 0. The molecular weight excluding hydrogens is 631 g/mol. The van der Waals surface area contributed by atoms with Crippen LogP contribution in [0.15, 0.2) is 30.5 Å². The van der Waals surface area contributed by atoms with Gasteiger partial charge < -0.3 is 19.6 Å². The van der Waals surface area contributed by atoms with Crippen LogP contribution in [0.2, 0.25) is 0 Å². The number of hydrogen-bond acceptors (Lipinski definition) is 8. The zero-order valence-electron chi connectivity index (χ0n) is 27.4. The first kappa shape index (κ1) is 30.5. The second-order valence-corrected chi connectivity index (χ2v) is 14.5. The van der Waals surface area contributed by atoms with Crippen LogP contribution in [0.1, 0.15) is 24.8 Å². The van der Waals surface area contributed by atoms with E-state index in [1.165, 1.54) is 24.3 Å². The van der Waals surface area contributed by atoms with Gasteiger partial charge >= 0.3 is 6.01 Å². The maximum absolute atomic E-state index is 17.5. The van der Waals surface area contributed by atoms with E-state index in [1.54, 1.807) is 11.7 Å². The molecule has 4 aliphatic rings. The number of benzene rings is 3. The summed E-state index contributed by atoms with van der Waals surface area (Å²) in [6, 6.07) is 5.62. The first-order valence-electron chi connectivity index (χ1n) is 16.9. The van der Waals surface area contributed by atoms with Gasteiger partial charge in [0, 0.05) is 68.7 Å². The number of ether oxygens (including phenoxy) is 1. The summed E-state index contributed by atoms with van der Waals surface area (Å²) in [5, 5.41) is 17.4. The van der Waals surface area contributed by atoms with E-state index in [0.717, 1.165) is 45.6 Å². The molecule has 0 spiro atoms. The van der Waals surface area contributed by atoms with Crippen molar-refractivity contribution in [1.82, 2.24) is 29.5 Å². The van der Waals surface area contributed by atoms with Crippen molar-refractivity contribution in [2.75, 3.05) is 57.8 Å². The number of phenols is 1. The number of fused-ring (bicyclic) bond motifs is 6. The molecule has 0 amide bonds. The van der Waals surface area contributed by atoms with Crippen LogP contribution >= 0.6 is 0 Å². The van der Waals surface area contributed by atoms with Gasteiger partial charge in [0.15, 0.2) is 5.82 Å². The van der Waals surface area contributed by atoms with Crippen molar-refractivity contribution in [3.8, 4) is 35.2 Å². The van der Waals surface area contributed by atoms with Crippen molar-refractivity contribution in [3.05, 3.63) is 47.7 Å². The number of halogens is 3. The fourth-order valence-corrected chi connectivity index (χ4v) is 9.26. The van der Waals surface area contributed by atoms with E-state index in [1.807, 2.05) is 6.20 Å². The number of likely N-dealkylation sites (tertiary alicyclic amines) is 1. The Kier molecular flexibility index (Phi) is 6.81. The number of phenolic OH excluding ortho intramolecular Hbond substituents is 1. The predicted molar refractivity (Wildman–Crippen MR) is 182 cm³/mol. The maximum atomic E-state index is 17.5. The highest BCUT2D eigenvalue weighted by atomic mass is 19.1. The van der Waals surface area contributed by atoms with Crippen molar-refractivity contribution in [2.45, 2.75) is 31.0 Å². The Bertz CT molecular complexity index is 2220. The molecule has 4 aliphatic heterocycles. The number of rotatable bonds is 5. The highest BCUT2D eigenvalue weighted by Gasteiger charge is 2.49. The maximum Gasteiger partial charge on any atom is 0.319 e. The normalized spacial score (nSPS) is 25.6. The van der Waals surface area contributed by atoms with Crippen LogP contribution in [-0.2, 0) is 7.05 Å². The molecule has 12 heteroatoms. The molecule has 2 unspecified atom stereocenters. The first-order chi connectivity index (χ1) is 23.6. The van der Waals surface area contributed by atoms with Crippen molar-refractivity contribution in [1.29, 1.82) is 0 Å². The third-order valence-electron chi connectivity index (χ3n) is 11.3. The Hall–Kier alpha value is -4.60. The summed E-state index contributed by atoms with van der Waals surface area (Å²) in [6.45, 7) is 4.82. The summed E-state index contributed by atoms with van der Waals surface area (Å²) in [5.41, 5.74) is 0.0891. The van der Waals surface area contributed by atoms with E-state index in [9.17, 15) is 9.50 Å². The van der Waals surface area contributed by atoms with Gasteiger partial charge in [-0.2, -0.15) is 15.1 Å². The zero-order valence-corrected chi connectivity index (χ0v) is 27.4. The molecule has 0 aliphatic carbocycles. The van der Waals surface area contributed by atoms with Crippen LogP contribution in [0, 0.1) is 35.8 Å². The SMILES string of the molecule is C#Cc1c(F)ccc2cc(O)cc(-c3c(F)c4nc(OC[C@@]56CCCN5C[C@H](F)C6)nc(N5CC6CN(C)CC6C5)c4c4cn(C)nc34)c12. The molecule has 9 rings (SSSR count). The molecule has 0 radical (unpaired) electrons. The van der Waals surface area contributed by atoms with E-state index in [0.29, 0.717) is 52.3 Å². The largest absolute Gasteiger partial charge is 0.508 e. The number of nitrogens with zero attached hydrogens (tertiary/aromatic N) is 7. The van der Waals surface area contributed by atoms with Crippen LogP contribution in [-0.4, -0.2) is 99.3 Å². The monoisotopic (exact) mass is 667 g/mol. The van der Waals surface area contributed by atoms with Crippen molar-refractivity contribution in [3.63, 3.8) is 0 Å². The Morgan fingerprint density at radius 3 is 2.61 bits per heavy atom. The highest BCUT2D eigenvalue weighted by molar-refractivity contribution is 6.18. The number of aryl methyl sites for hydroxylation is 1. The standard InChI is InChI=1S/C37H36F3N7O2/c1-4-25-28(39)7-6-20-10-24(48)11-26(29(20)25)30-32(40)34-31(27-18-45(3)43-33(27)30)35(46-15-21-13-44(2)14-22(21)16-46)42-36(41-34)49-19-37-8-5-9-47(37)17-23(38)12-37/h1,6-7,10-11,18,21-23,48H,5,8-9,12-17,19H2,2-3H3/t21?,22?,23-,37+/m1/s1. The number of anilines is 1. The molecule has 252 valence electrons. The van der Waals surface area contributed by atoms with Gasteiger partial charge in [-0.15, -0.1) is 6.42 Å². The molecule has 4 saturated heterocycles. The molecule has 0 saturated carbocycles. The molecule has 2 aromatic heterocycles. The molecule has 6 heterocycles. The van der Waals surface area contributed by atoms with E-state index in [-0.39, 0.29) is 46.0 Å². The summed E-state index contributed by atoms with van der Waals surface area (Å²) in [7, 11) is 3.88. The third kappa shape index (κ3) is 4.66. The zero-order chi connectivity index (χ0) is 33.8. The molecule has 4 fully saturated rings. The molecule has 49 heavy (non-hydrogen) atoms. The van der Waals surface area contributed by atoms with Gasteiger partial charge in [0.2, 0.25) is 0 Å². The average molecular weight is 668 g/mol. The topological polar surface area (TPSA) is 82.8 Å². The minimum Gasteiger partial charge on any atom is -0.508 e. The van der Waals surface area contributed by atoms with Crippen LogP contribution < -0.4 is 9.64 Å². The van der Waals surface area contributed by atoms with E-state index in [4.69, 9.17) is 26.2 Å². The lowest BCUT2D eigenvalue weighted by Gasteiger charge is -2.31. The van der Waals surface area contributed by atoms with E-state index < -0.39 is 23.3 Å². The van der Waals surface area contributed by atoms with Gasteiger partial charge in [-0.3, -0.25) is 9.58 Å². The summed E-state index contributed by atoms with van der Waals surface area (Å²) in [4.78, 5) is 16.4. The van der Waals surface area contributed by atoms with Crippen LogP contribution in [0.25, 0.3) is 43.7 Å². The van der Waals surface area contributed by atoms with Gasteiger partial charge in [0.1, 0.15) is 41.2 Å². The van der Waals surface area contributed by atoms with Crippen LogP contribution in [0.3, 0.4) is 0 Å². The van der Waals surface area contributed by atoms with Gasteiger partial charge in [0.25, 0.3) is 0 Å². The van der Waals surface area contributed by atoms with Gasteiger partial charge in [-0.1, -0.05) is 12.0 Å². The second-order valence-electron chi connectivity index (χ2n) is 14.5. The minimum absolute atomic E-state index is 0.0180. The van der Waals surface area contributed by atoms with E-state index >= 15 is 8.78 Å². The van der Waals surface area contributed by atoms with Crippen molar-refractivity contribution >= 4 is 38.4 Å². The fraction of sp³-hybridized carbons (Fsp3) is 0.432. The van der Waals surface area contributed by atoms with Crippen molar-refractivity contribution in [2.24, 2.45) is 18.9 Å². The molecule has 9 nitrogen and oxygen atoms in total. The summed E-state index contributed by atoms with van der Waals surface area (Å²) in [6.07, 6.45) is 8.83. The number of terminal acetylenes is 1. The van der Waals surface area contributed by atoms with Gasteiger partial charge in [0.05, 0.1) is 16.5 Å². The number of alkyl halides is 1. The Morgan fingerprint density at radius 2 is 1.84 bits per heavy atom. The van der Waals surface area contributed by atoms with Gasteiger partial charge in [-0.05, 0) is 67.4 Å². The Morgan fingerprint density at radius 1 is 1.04 bits per heavy atom. The fourth-order valence-electron chi connectivity index (χ4n) is 9.26. The average Bonchev–Trinajstić information content (AvgIpc) is 3.86. The number of aromatic nitrogens is 4. The third-order valence-corrected chi connectivity index (χ3v) is 11.3. The molecule has 4 atom stereocenters. The molecule has 0 bridgehead atoms. The highest BCUT2D eigenvalue weighted by Crippen LogP contribution is 2.46. The van der Waals surface area contributed by atoms with Crippen LogP contribution in [0.5, 0.6) is 11.8 Å². The summed E-state index contributed by atoms with van der Waals surface area (Å²) in [5.74, 6) is 2.39. The smallest absolute Gasteiger partial charge is 0.319 e. The van der Waals surface area contributed by atoms with Gasteiger partial charge in [-0.25, -0.2) is 13.2 Å². The molecule has 1 N–H and O–H groups in total. The molecular formula is C37H36F3N7O2. The first-order valence-corrected chi connectivity index (χ1v) is 16.9. The number of aromatic hydroxyl groups is 1. The molecule has 5 aromatic rings. The lowest BCUT2D eigenvalue weighted by molar-refractivity contribution is 0.107. The quantitative estimate of drug-likeness (QED) is 0.255. The van der Waals surface area contributed by atoms with Crippen molar-refractivity contribution < 1.29 is 23.0 Å². The van der Waals surface area contributed by atoms with E-state index in [2.05, 4.69) is 27.7 Å². The lowest BCUT2D eigenvalue weighted by Crippen LogP contribution is -2.43.